The molecule has 5 rings (SSSR count). The van der Waals surface area contributed by atoms with E-state index >= 15 is 0 Å². The molecule has 0 radical (unpaired) electrons. The summed E-state index contributed by atoms with van der Waals surface area (Å²) in [4.78, 5) is 4.56. The molecule has 29 heavy (non-hydrogen) atoms. The van der Waals surface area contributed by atoms with Crippen LogP contribution in [0.1, 0.15) is 35.0 Å². The number of fused-ring (bicyclic) bond motifs is 5. The minimum Gasteiger partial charge on any atom is -0.256 e. The molecule has 5 aromatic rings. The topological polar surface area (TPSA) is 12.9 Å². The number of hydrogen-bond donors (Lipinski definition) is 0. The molecule has 0 aliphatic rings. The van der Waals surface area contributed by atoms with E-state index in [2.05, 4.69) is 54.0 Å². The van der Waals surface area contributed by atoms with Crippen LogP contribution in [0.4, 0.5) is 0 Å². The van der Waals surface area contributed by atoms with E-state index < -0.39 is 12.3 Å². The van der Waals surface area contributed by atoms with Gasteiger partial charge in [-0.2, -0.15) is 0 Å². The maximum Gasteiger partial charge on any atom is 0.0719 e. The summed E-state index contributed by atoms with van der Waals surface area (Å²) in [5.41, 5.74) is 3.31. The molecule has 0 fully saturated rings. The number of nitrogens with zero attached hydrogens (tertiary/aromatic N) is 1. The lowest BCUT2D eigenvalue weighted by atomic mass is 9.98. The molecule has 2 heterocycles. The number of pyridine rings is 1. The number of thiophene rings is 1. The molecule has 0 spiro atoms. The molecule has 0 aliphatic carbocycles. The van der Waals surface area contributed by atoms with Gasteiger partial charge in [0.05, 0.1) is 5.69 Å². The first-order valence-electron chi connectivity index (χ1n) is 11.2. The number of benzene rings is 3. The molecule has 0 saturated heterocycles. The van der Waals surface area contributed by atoms with Crippen LogP contribution in [0.2, 0.25) is 0 Å². The third-order valence-electron chi connectivity index (χ3n) is 5.36. The lowest BCUT2D eigenvalue weighted by molar-refractivity contribution is 0.869. The van der Waals surface area contributed by atoms with Crippen molar-refractivity contribution in [3.63, 3.8) is 0 Å². The molecule has 0 atom stereocenters. The van der Waals surface area contributed by atoms with Crippen molar-refractivity contribution >= 4 is 42.3 Å². The zero-order valence-corrected chi connectivity index (χ0v) is 17.3. The van der Waals surface area contributed by atoms with Gasteiger partial charge in [0.2, 0.25) is 0 Å². The predicted octanol–water partition coefficient (Wildman–Crippen LogP) is 8.12. The van der Waals surface area contributed by atoms with Gasteiger partial charge in [0.1, 0.15) is 0 Å². The predicted molar refractivity (Wildman–Crippen MR) is 128 cm³/mol. The van der Waals surface area contributed by atoms with Crippen molar-refractivity contribution in [2.24, 2.45) is 0 Å². The van der Waals surface area contributed by atoms with E-state index in [1.807, 2.05) is 26.0 Å². The summed E-state index contributed by atoms with van der Waals surface area (Å²) in [6, 6.07) is 20.4. The SMILES string of the molecule is [2H]C(C)(C)c1ccc2c(ccc3c4cccc(-c5cc(C([2H])([2H])C=C)ccn5)c4sc23)c1. The molecule has 0 aliphatic heterocycles. The van der Waals surface area contributed by atoms with Gasteiger partial charge in [-0.3, -0.25) is 4.98 Å². The molecule has 0 amide bonds. The second-order valence-corrected chi connectivity index (χ2v) is 8.46. The second kappa shape index (κ2) is 7.13. The lowest BCUT2D eigenvalue weighted by Gasteiger charge is -2.07. The molecular formula is C27H23NS. The highest BCUT2D eigenvalue weighted by Crippen LogP contribution is 2.42. The van der Waals surface area contributed by atoms with Crippen molar-refractivity contribution in [3.8, 4) is 11.3 Å². The Balaban J connectivity index is 1.75. The number of rotatable bonds is 4. The first-order valence-corrected chi connectivity index (χ1v) is 10.5. The number of hydrogen-bond acceptors (Lipinski definition) is 2. The van der Waals surface area contributed by atoms with Crippen molar-refractivity contribution in [2.75, 3.05) is 0 Å². The van der Waals surface area contributed by atoms with Crippen LogP contribution in [0.15, 0.2) is 79.5 Å². The monoisotopic (exact) mass is 396 g/mol. The zero-order chi connectivity index (χ0) is 22.7. The Morgan fingerprint density at radius 3 is 2.69 bits per heavy atom. The Morgan fingerprint density at radius 2 is 1.86 bits per heavy atom. The highest BCUT2D eigenvalue weighted by atomic mass is 32.1. The van der Waals surface area contributed by atoms with Crippen molar-refractivity contribution in [1.29, 1.82) is 0 Å². The summed E-state index contributed by atoms with van der Waals surface area (Å²) in [5, 5.41) is 4.71. The molecular weight excluding hydrogens is 370 g/mol. The van der Waals surface area contributed by atoms with Crippen LogP contribution in [-0.2, 0) is 6.37 Å². The Hall–Kier alpha value is -2.97. The normalized spacial score (nSPS) is 14.1. The first kappa shape index (κ1) is 14.9. The summed E-state index contributed by atoms with van der Waals surface area (Å²) in [7, 11) is 0. The average Bonchev–Trinajstić information content (AvgIpc) is 3.17. The van der Waals surface area contributed by atoms with Crippen LogP contribution in [0.3, 0.4) is 0 Å². The molecule has 0 N–H and O–H groups in total. The van der Waals surface area contributed by atoms with Crippen LogP contribution in [0.5, 0.6) is 0 Å². The van der Waals surface area contributed by atoms with E-state index in [0.29, 0.717) is 5.56 Å². The first-order chi connectivity index (χ1) is 15.2. The Morgan fingerprint density at radius 1 is 1.03 bits per heavy atom. The maximum atomic E-state index is 8.36. The van der Waals surface area contributed by atoms with Gasteiger partial charge in [-0.25, -0.2) is 0 Å². The van der Waals surface area contributed by atoms with Gasteiger partial charge >= 0.3 is 0 Å². The molecule has 0 saturated carbocycles. The van der Waals surface area contributed by atoms with E-state index in [4.69, 9.17) is 4.11 Å². The highest BCUT2D eigenvalue weighted by Gasteiger charge is 2.14. The summed E-state index contributed by atoms with van der Waals surface area (Å²) >= 11 is 1.74. The van der Waals surface area contributed by atoms with E-state index in [1.54, 1.807) is 23.6 Å². The average molecular weight is 397 g/mol. The molecule has 0 unspecified atom stereocenters. The standard InChI is InChI=1S/C27H23NS/c1-4-6-18-13-14-28-25(15-18)24-8-5-7-22-23-12-10-20-16-19(17(2)3)9-11-21(20)26(23)29-27(22)24/h4-5,7-17H,1,6H2,2-3H3/i6D2,17D. The van der Waals surface area contributed by atoms with E-state index in [-0.39, 0.29) is 0 Å². The number of aromatic nitrogens is 1. The van der Waals surface area contributed by atoms with Crippen molar-refractivity contribution in [2.45, 2.75) is 26.1 Å². The van der Waals surface area contributed by atoms with Crippen molar-refractivity contribution in [3.05, 3.63) is 90.6 Å². The second-order valence-electron chi connectivity index (χ2n) is 7.44. The fourth-order valence-electron chi connectivity index (χ4n) is 3.88. The van der Waals surface area contributed by atoms with Crippen LogP contribution in [-0.4, -0.2) is 4.98 Å². The van der Waals surface area contributed by atoms with Gasteiger partial charge in [-0.05, 0) is 46.3 Å². The Kier molecular flexibility index (Phi) is 3.67. The van der Waals surface area contributed by atoms with Crippen LogP contribution in [0, 0.1) is 0 Å². The van der Waals surface area contributed by atoms with Crippen LogP contribution < -0.4 is 0 Å². The Bertz CT molecular complexity index is 1510. The molecule has 3 aromatic carbocycles. The van der Waals surface area contributed by atoms with Gasteiger partial charge in [0, 0.05) is 36.0 Å². The van der Waals surface area contributed by atoms with Crippen LogP contribution in [0.25, 0.3) is 42.2 Å². The third-order valence-corrected chi connectivity index (χ3v) is 6.65. The highest BCUT2D eigenvalue weighted by molar-refractivity contribution is 7.27. The van der Waals surface area contributed by atoms with E-state index in [0.717, 1.165) is 26.9 Å². The summed E-state index contributed by atoms with van der Waals surface area (Å²) in [5.74, 6) is -0.635. The summed E-state index contributed by atoms with van der Waals surface area (Å²) < 4.78 is 27.1. The van der Waals surface area contributed by atoms with Gasteiger partial charge in [-0.15, -0.1) is 17.9 Å². The van der Waals surface area contributed by atoms with Crippen molar-refractivity contribution in [1.82, 2.24) is 4.98 Å². The van der Waals surface area contributed by atoms with Gasteiger partial charge in [0.25, 0.3) is 0 Å². The molecule has 1 nitrogen and oxygen atoms in total. The molecule has 0 bridgehead atoms. The van der Waals surface area contributed by atoms with Crippen LogP contribution >= 0.6 is 11.3 Å². The maximum absolute atomic E-state index is 8.36. The van der Waals surface area contributed by atoms with Gasteiger partial charge in [0.15, 0.2) is 0 Å². The largest absolute Gasteiger partial charge is 0.256 e. The number of allylic oxidation sites excluding steroid dienone is 1. The van der Waals surface area contributed by atoms with Gasteiger partial charge in [-0.1, -0.05) is 68.5 Å². The Labute approximate surface area is 179 Å². The summed E-state index contributed by atoms with van der Waals surface area (Å²) in [6.45, 7) is 7.46. The molecule has 2 heteroatoms. The van der Waals surface area contributed by atoms with E-state index in [9.17, 15) is 0 Å². The smallest absolute Gasteiger partial charge is 0.0719 e. The molecule has 2 aromatic heterocycles. The zero-order valence-electron chi connectivity index (χ0n) is 19.5. The summed E-state index contributed by atoms with van der Waals surface area (Å²) in [6.07, 6.45) is 1.38. The van der Waals surface area contributed by atoms with Crippen molar-refractivity contribution < 1.29 is 4.11 Å². The minimum atomic E-state index is -1.61. The third kappa shape index (κ3) is 3.04. The quantitative estimate of drug-likeness (QED) is 0.279. The molecule has 142 valence electrons. The fraction of sp³-hybridized carbons (Fsp3) is 0.148. The van der Waals surface area contributed by atoms with E-state index in [1.165, 1.54) is 26.9 Å². The lowest BCUT2D eigenvalue weighted by Crippen LogP contribution is -1.87. The minimum absolute atomic E-state index is 0.548. The van der Waals surface area contributed by atoms with Gasteiger partial charge < -0.3 is 0 Å². The fourth-order valence-corrected chi connectivity index (χ4v) is 5.24.